The number of benzene rings is 1. The molecule has 1 atom stereocenters. The number of aryl methyl sites for hydroxylation is 1. The predicted octanol–water partition coefficient (Wildman–Crippen LogP) is 2.27. The summed E-state index contributed by atoms with van der Waals surface area (Å²) in [5.41, 5.74) is 1.91. The van der Waals surface area contributed by atoms with E-state index in [1.165, 1.54) is 18.9 Å². The van der Waals surface area contributed by atoms with E-state index in [9.17, 15) is 19.5 Å². The number of amides is 1. The third-order valence-electron chi connectivity index (χ3n) is 4.31. The fourth-order valence-electron chi connectivity index (χ4n) is 3.18. The first kappa shape index (κ1) is 20.1. The van der Waals surface area contributed by atoms with E-state index in [1.807, 2.05) is 12.1 Å². The highest BCUT2D eigenvalue weighted by Gasteiger charge is 2.33. The van der Waals surface area contributed by atoms with Gasteiger partial charge in [0.2, 0.25) is 5.91 Å². The molecule has 1 aliphatic carbocycles. The first-order valence-electron chi connectivity index (χ1n) is 8.26. The Hall–Kier alpha value is -2.22. The molecule has 0 saturated carbocycles. The molecule has 26 heavy (non-hydrogen) atoms. The van der Waals surface area contributed by atoms with Gasteiger partial charge in [-0.25, -0.2) is 0 Å². The van der Waals surface area contributed by atoms with Crippen LogP contribution in [0.3, 0.4) is 0 Å². The SMILES string of the molecule is COc1cc2c(cc1OC)C(N(CC(=O)O)C(=O)CCSC(C)=O)CC2. The normalized spacial score (nSPS) is 15.3. The maximum absolute atomic E-state index is 12.6. The number of carbonyl (C=O) groups is 3. The van der Waals surface area contributed by atoms with Crippen LogP contribution in [0, 0.1) is 0 Å². The Balaban J connectivity index is 2.26. The van der Waals surface area contributed by atoms with Crippen LogP contribution >= 0.6 is 11.8 Å². The van der Waals surface area contributed by atoms with Crippen molar-refractivity contribution in [3.05, 3.63) is 23.3 Å². The van der Waals surface area contributed by atoms with Gasteiger partial charge in [-0.3, -0.25) is 14.4 Å². The molecule has 1 aliphatic rings. The molecule has 0 saturated heterocycles. The van der Waals surface area contributed by atoms with Gasteiger partial charge >= 0.3 is 5.97 Å². The quantitative estimate of drug-likeness (QED) is 0.738. The molecule has 0 spiro atoms. The minimum atomic E-state index is -1.06. The smallest absolute Gasteiger partial charge is 0.323 e. The summed E-state index contributed by atoms with van der Waals surface area (Å²) >= 11 is 1.06. The third-order valence-corrected chi connectivity index (χ3v) is 5.13. The summed E-state index contributed by atoms with van der Waals surface area (Å²) in [6.45, 7) is 1.07. The van der Waals surface area contributed by atoms with Gasteiger partial charge in [0, 0.05) is 19.1 Å². The van der Waals surface area contributed by atoms with Crippen LogP contribution in [0.4, 0.5) is 0 Å². The van der Waals surface area contributed by atoms with Crippen LogP contribution in [-0.2, 0) is 20.8 Å². The van der Waals surface area contributed by atoms with Gasteiger partial charge in [0.1, 0.15) is 6.54 Å². The van der Waals surface area contributed by atoms with E-state index in [-0.39, 0.29) is 30.0 Å². The molecule has 7 nitrogen and oxygen atoms in total. The van der Waals surface area contributed by atoms with Gasteiger partial charge in [0.25, 0.3) is 0 Å². The number of carboxylic acid groups (broad SMARTS) is 1. The highest BCUT2D eigenvalue weighted by molar-refractivity contribution is 8.13. The molecular formula is C18H23NO6S. The second-order valence-electron chi connectivity index (χ2n) is 5.97. The highest BCUT2D eigenvalue weighted by Crippen LogP contribution is 2.42. The van der Waals surface area contributed by atoms with Crippen LogP contribution in [0.25, 0.3) is 0 Å². The monoisotopic (exact) mass is 381 g/mol. The number of aliphatic carboxylic acids is 1. The number of hydrogen-bond donors (Lipinski definition) is 1. The molecule has 0 aliphatic heterocycles. The van der Waals surface area contributed by atoms with E-state index in [1.54, 1.807) is 7.11 Å². The van der Waals surface area contributed by atoms with Crippen molar-refractivity contribution in [1.82, 2.24) is 4.90 Å². The van der Waals surface area contributed by atoms with E-state index in [4.69, 9.17) is 9.47 Å². The second-order valence-corrected chi connectivity index (χ2v) is 7.24. The van der Waals surface area contributed by atoms with Crippen molar-refractivity contribution in [2.45, 2.75) is 32.2 Å². The van der Waals surface area contributed by atoms with E-state index in [0.29, 0.717) is 23.7 Å². The summed E-state index contributed by atoms with van der Waals surface area (Å²) in [6.07, 6.45) is 1.49. The predicted molar refractivity (Wildman–Crippen MR) is 97.7 cm³/mol. The standard InChI is InChI=1S/C18H23NO6S/c1-11(20)26-7-6-17(21)19(10-18(22)23)14-5-4-12-8-15(24-2)16(25-3)9-13(12)14/h8-9,14H,4-7,10H2,1-3H3,(H,22,23). The Labute approximate surface area is 156 Å². The van der Waals surface area contributed by atoms with E-state index in [2.05, 4.69) is 0 Å². The molecule has 0 heterocycles. The molecule has 1 amide bonds. The molecule has 142 valence electrons. The Kier molecular flexibility index (Phi) is 6.90. The van der Waals surface area contributed by atoms with Gasteiger partial charge in [-0.05, 0) is 36.1 Å². The topological polar surface area (TPSA) is 93.1 Å². The lowest BCUT2D eigenvalue weighted by atomic mass is 10.1. The molecule has 0 radical (unpaired) electrons. The van der Waals surface area contributed by atoms with Crippen molar-refractivity contribution in [3.8, 4) is 11.5 Å². The Morgan fingerprint density at radius 3 is 2.46 bits per heavy atom. The summed E-state index contributed by atoms with van der Waals surface area (Å²) in [5, 5.41) is 9.18. The maximum Gasteiger partial charge on any atom is 0.323 e. The minimum absolute atomic E-state index is 0.0642. The van der Waals surface area contributed by atoms with Crippen molar-refractivity contribution >= 4 is 28.8 Å². The molecule has 1 unspecified atom stereocenters. The van der Waals surface area contributed by atoms with Gasteiger partial charge < -0.3 is 19.5 Å². The molecule has 8 heteroatoms. The molecule has 1 N–H and O–H groups in total. The van der Waals surface area contributed by atoms with Crippen molar-refractivity contribution in [2.24, 2.45) is 0 Å². The molecule has 1 aromatic carbocycles. The number of hydrogen-bond acceptors (Lipinski definition) is 6. The van der Waals surface area contributed by atoms with E-state index >= 15 is 0 Å². The Morgan fingerprint density at radius 1 is 1.23 bits per heavy atom. The highest BCUT2D eigenvalue weighted by atomic mass is 32.2. The van der Waals surface area contributed by atoms with Gasteiger partial charge in [-0.15, -0.1) is 0 Å². The van der Waals surface area contributed by atoms with Gasteiger partial charge in [-0.2, -0.15) is 0 Å². The van der Waals surface area contributed by atoms with Crippen LogP contribution in [0.1, 0.15) is 36.9 Å². The van der Waals surface area contributed by atoms with Crippen LogP contribution in [0.15, 0.2) is 12.1 Å². The Bertz CT molecular complexity index is 705. The third kappa shape index (κ3) is 4.69. The summed E-state index contributed by atoms with van der Waals surface area (Å²) in [5.74, 6) is 0.171. The molecule has 0 aromatic heterocycles. The van der Waals surface area contributed by atoms with Crippen molar-refractivity contribution in [2.75, 3.05) is 26.5 Å². The lowest BCUT2D eigenvalue weighted by Gasteiger charge is -2.28. The lowest BCUT2D eigenvalue weighted by Crippen LogP contribution is -2.38. The van der Waals surface area contributed by atoms with Crippen LogP contribution in [0.5, 0.6) is 11.5 Å². The van der Waals surface area contributed by atoms with Crippen molar-refractivity contribution < 1.29 is 29.0 Å². The minimum Gasteiger partial charge on any atom is -0.493 e. The molecule has 1 aromatic rings. The number of nitrogens with zero attached hydrogens (tertiary/aromatic N) is 1. The largest absolute Gasteiger partial charge is 0.493 e. The molecule has 2 rings (SSSR count). The number of thioether (sulfide) groups is 1. The van der Waals surface area contributed by atoms with E-state index < -0.39 is 5.97 Å². The van der Waals surface area contributed by atoms with Gasteiger partial charge in [-0.1, -0.05) is 11.8 Å². The summed E-state index contributed by atoms with van der Waals surface area (Å²) in [4.78, 5) is 36.3. The van der Waals surface area contributed by atoms with Crippen LogP contribution < -0.4 is 9.47 Å². The fraction of sp³-hybridized carbons (Fsp3) is 0.500. The van der Waals surface area contributed by atoms with Gasteiger partial charge in [0.15, 0.2) is 16.6 Å². The van der Waals surface area contributed by atoms with Crippen LogP contribution in [-0.4, -0.2) is 53.5 Å². The zero-order chi connectivity index (χ0) is 19.3. The maximum atomic E-state index is 12.6. The van der Waals surface area contributed by atoms with E-state index in [0.717, 1.165) is 29.3 Å². The molecular weight excluding hydrogens is 358 g/mol. The Morgan fingerprint density at radius 2 is 1.88 bits per heavy atom. The van der Waals surface area contributed by atoms with Crippen LogP contribution in [0.2, 0.25) is 0 Å². The summed E-state index contributed by atoms with van der Waals surface area (Å²) in [7, 11) is 3.09. The average molecular weight is 381 g/mol. The number of carbonyl (C=O) groups excluding carboxylic acids is 2. The second kappa shape index (κ2) is 8.93. The average Bonchev–Trinajstić information content (AvgIpc) is 3.00. The lowest BCUT2D eigenvalue weighted by molar-refractivity contribution is -0.146. The molecule has 0 fully saturated rings. The zero-order valence-corrected chi connectivity index (χ0v) is 15.9. The van der Waals surface area contributed by atoms with Gasteiger partial charge in [0.05, 0.1) is 20.3 Å². The number of fused-ring (bicyclic) bond motifs is 1. The summed E-state index contributed by atoms with van der Waals surface area (Å²) in [6, 6.07) is 3.37. The number of methoxy groups -OCH3 is 2. The molecule has 0 bridgehead atoms. The zero-order valence-electron chi connectivity index (χ0n) is 15.1. The van der Waals surface area contributed by atoms with Crippen molar-refractivity contribution in [3.63, 3.8) is 0 Å². The number of carboxylic acids is 1. The first-order valence-corrected chi connectivity index (χ1v) is 9.25. The van der Waals surface area contributed by atoms with Crippen molar-refractivity contribution in [1.29, 1.82) is 0 Å². The first-order chi connectivity index (χ1) is 12.4. The summed E-state index contributed by atoms with van der Waals surface area (Å²) < 4.78 is 10.6. The fourth-order valence-corrected chi connectivity index (χ4v) is 3.74. The number of rotatable bonds is 8. The number of ether oxygens (including phenoxy) is 2.